The van der Waals surface area contributed by atoms with Crippen LogP contribution in [0.4, 0.5) is 4.39 Å². The van der Waals surface area contributed by atoms with Gasteiger partial charge in [0.1, 0.15) is 4.64 Å². The Labute approximate surface area is 96.9 Å². The van der Waals surface area contributed by atoms with Crippen LogP contribution in [0.25, 0.3) is 11.3 Å². The molecule has 5 heteroatoms. The number of hydrogen-bond acceptors (Lipinski definition) is 3. The van der Waals surface area contributed by atoms with Crippen molar-refractivity contribution >= 4 is 12.2 Å². The van der Waals surface area contributed by atoms with E-state index in [9.17, 15) is 4.39 Å². The van der Waals surface area contributed by atoms with Crippen LogP contribution in [-0.4, -0.2) is 17.1 Å². The minimum Gasteiger partial charge on any atom is -0.494 e. The number of hydrogen-bond donors (Lipinski definition) is 1. The third kappa shape index (κ3) is 2.09. The highest BCUT2D eigenvalue weighted by atomic mass is 32.1. The van der Waals surface area contributed by atoms with Crippen molar-refractivity contribution < 1.29 is 9.13 Å². The number of aromatic nitrogens is 2. The molecule has 0 atom stereocenters. The molecule has 1 N–H and O–H groups in total. The molecule has 82 valence electrons. The lowest BCUT2D eigenvalue weighted by molar-refractivity contribution is 0.386. The van der Waals surface area contributed by atoms with Crippen molar-refractivity contribution in [2.75, 3.05) is 7.11 Å². The largest absolute Gasteiger partial charge is 0.494 e. The van der Waals surface area contributed by atoms with E-state index in [1.165, 1.54) is 19.5 Å². The Hall–Kier alpha value is -1.75. The third-order valence-electron chi connectivity index (χ3n) is 2.14. The van der Waals surface area contributed by atoms with Crippen molar-refractivity contribution in [3.63, 3.8) is 0 Å². The van der Waals surface area contributed by atoms with Crippen LogP contribution in [0.2, 0.25) is 0 Å². The Balaban J connectivity index is 2.49. The monoisotopic (exact) mass is 236 g/mol. The van der Waals surface area contributed by atoms with Crippen LogP contribution in [0.15, 0.2) is 30.6 Å². The molecule has 3 nitrogen and oxygen atoms in total. The van der Waals surface area contributed by atoms with Crippen molar-refractivity contribution in [3.8, 4) is 17.0 Å². The predicted octanol–water partition coefficient (Wildman–Crippen LogP) is 2.95. The van der Waals surface area contributed by atoms with E-state index in [0.717, 1.165) is 5.69 Å². The summed E-state index contributed by atoms with van der Waals surface area (Å²) in [5.41, 5.74) is 1.42. The molecule has 0 unspecified atom stereocenters. The number of ether oxygens (including phenoxy) is 1. The molecule has 0 aliphatic heterocycles. The SMILES string of the molecule is COc1ccc(-c2cc(=S)nc[nH]2)cc1F. The summed E-state index contributed by atoms with van der Waals surface area (Å²) in [5, 5.41) is 0. The van der Waals surface area contributed by atoms with Gasteiger partial charge < -0.3 is 9.72 Å². The highest BCUT2D eigenvalue weighted by Gasteiger charge is 2.05. The molecule has 2 rings (SSSR count). The van der Waals surface area contributed by atoms with Crippen molar-refractivity contribution in [1.82, 2.24) is 9.97 Å². The molecule has 0 saturated carbocycles. The van der Waals surface area contributed by atoms with Crippen LogP contribution in [0, 0.1) is 10.5 Å². The molecule has 0 fully saturated rings. The van der Waals surface area contributed by atoms with Gasteiger partial charge in [0, 0.05) is 11.3 Å². The number of aromatic amines is 1. The lowest BCUT2D eigenvalue weighted by Crippen LogP contribution is -1.90. The number of rotatable bonds is 2. The minimum absolute atomic E-state index is 0.219. The first-order valence-corrected chi connectivity index (χ1v) is 5.00. The van der Waals surface area contributed by atoms with Crippen LogP contribution < -0.4 is 4.74 Å². The number of methoxy groups -OCH3 is 1. The number of halogens is 1. The zero-order chi connectivity index (χ0) is 11.5. The summed E-state index contributed by atoms with van der Waals surface area (Å²) in [7, 11) is 1.43. The van der Waals surface area contributed by atoms with Crippen molar-refractivity contribution in [2.45, 2.75) is 0 Å². The Morgan fingerprint density at radius 1 is 1.38 bits per heavy atom. The molecule has 1 heterocycles. The molecule has 0 bridgehead atoms. The first-order chi connectivity index (χ1) is 7.70. The quantitative estimate of drug-likeness (QED) is 0.815. The molecule has 0 spiro atoms. The topological polar surface area (TPSA) is 37.9 Å². The number of benzene rings is 1. The van der Waals surface area contributed by atoms with E-state index in [1.807, 2.05) is 0 Å². The standard InChI is InChI=1S/C11H9FN2OS/c1-15-10-3-2-7(4-8(10)12)9-5-11(16)14-6-13-9/h2-6H,1H3,(H,13,14,16). The normalized spacial score (nSPS) is 10.1. The van der Waals surface area contributed by atoms with E-state index in [0.29, 0.717) is 10.2 Å². The van der Waals surface area contributed by atoms with Crippen molar-refractivity contribution in [2.24, 2.45) is 0 Å². The van der Waals surface area contributed by atoms with Crippen LogP contribution in [0.5, 0.6) is 5.75 Å². The second kappa shape index (κ2) is 4.40. The Kier molecular flexibility index (Phi) is 2.96. The van der Waals surface area contributed by atoms with Crippen LogP contribution in [0.1, 0.15) is 0 Å². The minimum atomic E-state index is -0.406. The molecule has 0 aliphatic rings. The number of nitrogens with zero attached hydrogens (tertiary/aromatic N) is 1. The van der Waals surface area contributed by atoms with Gasteiger partial charge in [-0.25, -0.2) is 9.37 Å². The molecule has 1 aromatic carbocycles. The van der Waals surface area contributed by atoms with Gasteiger partial charge in [-0.3, -0.25) is 0 Å². The maximum Gasteiger partial charge on any atom is 0.165 e. The summed E-state index contributed by atoms with van der Waals surface area (Å²) in [5.74, 6) is -0.187. The fourth-order valence-corrected chi connectivity index (χ4v) is 1.54. The molecular formula is C11H9FN2OS. The molecule has 0 aliphatic carbocycles. The van der Waals surface area contributed by atoms with E-state index in [4.69, 9.17) is 17.0 Å². The first kappa shape index (κ1) is 10.8. The van der Waals surface area contributed by atoms with Crippen molar-refractivity contribution in [3.05, 3.63) is 41.1 Å². The molecular weight excluding hydrogens is 227 g/mol. The lowest BCUT2D eigenvalue weighted by Gasteiger charge is -2.05. The maximum absolute atomic E-state index is 13.5. The van der Waals surface area contributed by atoms with Gasteiger partial charge in [0.2, 0.25) is 0 Å². The Bertz CT molecular complexity index is 568. The van der Waals surface area contributed by atoms with Crippen LogP contribution >= 0.6 is 12.2 Å². The summed E-state index contributed by atoms with van der Waals surface area (Å²) in [6, 6.07) is 6.39. The maximum atomic E-state index is 13.5. The summed E-state index contributed by atoms with van der Waals surface area (Å²) in [6.45, 7) is 0. The summed E-state index contributed by atoms with van der Waals surface area (Å²) < 4.78 is 18.8. The smallest absolute Gasteiger partial charge is 0.165 e. The van der Waals surface area contributed by atoms with Crippen LogP contribution in [0.3, 0.4) is 0 Å². The molecule has 2 aromatic rings. The molecule has 0 saturated heterocycles. The Morgan fingerprint density at radius 2 is 2.19 bits per heavy atom. The van der Waals surface area contributed by atoms with Crippen LogP contribution in [-0.2, 0) is 0 Å². The average Bonchev–Trinajstić information content (AvgIpc) is 2.29. The van der Waals surface area contributed by atoms with Gasteiger partial charge in [-0.05, 0) is 24.3 Å². The zero-order valence-corrected chi connectivity index (χ0v) is 9.34. The van der Waals surface area contributed by atoms with Gasteiger partial charge in [-0.2, -0.15) is 0 Å². The van der Waals surface area contributed by atoms with E-state index < -0.39 is 5.82 Å². The van der Waals surface area contributed by atoms with E-state index in [1.54, 1.807) is 18.2 Å². The van der Waals surface area contributed by atoms with Gasteiger partial charge in [0.05, 0.1) is 13.4 Å². The van der Waals surface area contributed by atoms with Crippen molar-refractivity contribution in [1.29, 1.82) is 0 Å². The van der Waals surface area contributed by atoms with E-state index >= 15 is 0 Å². The number of nitrogens with one attached hydrogen (secondary N) is 1. The highest BCUT2D eigenvalue weighted by molar-refractivity contribution is 7.71. The molecule has 16 heavy (non-hydrogen) atoms. The first-order valence-electron chi connectivity index (χ1n) is 4.59. The predicted molar refractivity (Wildman–Crippen MR) is 61.4 cm³/mol. The second-order valence-electron chi connectivity index (χ2n) is 3.15. The number of H-pyrrole nitrogens is 1. The second-order valence-corrected chi connectivity index (χ2v) is 3.57. The van der Waals surface area contributed by atoms with Gasteiger partial charge in [0.15, 0.2) is 11.6 Å². The average molecular weight is 236 g/mol. The summed E-state index contributed by atoms with van der Waals surface area (Å²) >= 11 is 4.93. The van der Waals surface area contributed by atoms with E-state index in [-0.39, 0.29) is 5.75 Å². The van der Waals surface area contributed by atoms with Gasteiger partial charge in [-0.15, -0.1) is 0 Å². The molecule has 0 amide bonds. The van der Waals surface area contributed by atoms with Gasteiger partial charge in [0.25, 0.3) is 0 Å². The highest BCUT2D eigenvalue weighted by Crippen LogP contribution is 2.23. The third-order valence-corrected chi connectivity index (χ3v) is 2.37. The lowest BCUT2D eigenvalue weighted by atomic mass is 10.1. The Morgan fingerprint density at radius 3 is 2.81 bits per heavy atom. The summed E-state index contributed by atoms with van der Waals surface area (Å²) in [6.07, 6.45) is 1.49. The molecule has 1 aromatic heterocycles. The van der Waals surface area contributed by atoms with Gasteiger partial charge >= 0.3 is 0 Å². The molecule has 0 radical (unpaired) electrons. The fraction of sp³-hybridized carbons (Fsp3) is 0.0909. The fourth-order valence-electron chi connectivity index (χ4n) is 1.37. The zero-order valence-electron chi connectivity index (χ0n) is 8.53. The van der Waals surface area contributed by atoms with Gasteiger partial charge in [-0.1, -0.05) is 12.2 Å². The summed E-state index contributed by atoms with van der Waals surface area (Å²) in [4.78, 5) is 6.77. The van der Waals surface area contributed by atoms with E-state index in [2.05, 4.69) is 9.97 Å².